The van der Waals surface area contributed by atoms with Crippen LogP contribution in [0.5, 0.6) is 0 Å². The van der Waals surface area contributed by atoms with Crippen molar-refractivity contribution in [1.82, 2.24) is 0 Å². The van der Waals surface area contributed by atoms with Gasteiger partial charge in [0.15, 0.2) is 0 Å². The van der Waals surface area contributed by atoms with Gasteiger partial charge in [-0.15, -0.1) is 0 Å². The van der Waals surface area contributed by atoms with Crippen molar-refractivity contribution in [1.29, 1.82) is 0 Å². The largest absolute Gasteiger partial charge is 0.467 e. The van der Waals surface area contributed by atoms with Crippen LogP contribution < -0.4 is 11.1 Å². The molecule has 1 amide bonds. The third-order valence-electron chi connectivity index (χ3n) is 2.72. The second-order valence-electron chi connectivity index (χ2n) is 4.76. The lowest BCUT2D eigenvalue weighted by atomic mass is 10.0. The first-order valence-electron chi connectivity index (χ1n) is 6.19. The van der Waals surface area contributed by atoms with Crippen LogP contribution >= 0.6 is 0 Å². The second-order valence-corrected chi connectivity index (χ2v) is 4.76. The van der Waals surface area contributed by atoms with Crippen LogP contribution in [0.25, 0.3) is 0 Å². The van der Waals surface area contributed by atoms with E-state index in [4.69, 9.17) is 10.5 Å². The highest BCUT2D eigenvalue weighted by Crippen LogP contribution is 2.18. The molecule has 1 aromatic carbocycles. The number of anilines is 1. The Bertz CT molecular complexity index is 458. The van der Waals surface area contributed by atoms with E-state index in [9.17, 15) is 9.59 Å². The van der Waals surface area contributed by atoms with E-state index in [1.165, 1.54) is 7.11 Å². The normalized spacial score (nSPS) is 12.0. The molecule has 1 aromatic rings. The summed E-state index contributed by atoms with van der Waals surface area (Å²) in [6.45, 7) is 4.02. The number of nitrogens with two attached hydrogens (primary N) is 1. The van der Waals surface area contributed by atoms with Crippen LogP contribution in [0.2, 0.25) is 0 Å². The summed E-state index contributed by atoms with van der Waals surface area (Å²) in [7, 11) is 1.34. The molecule has 0 aliphatic carbocycles. The third-order valence-corrected chi connectivity index (χ3v) is 2.72. The van der Waals surface area contributed by atoms with Crippen molar-refractivity contribution in [2.75, 3.05) is 12.4 Å². The molecule has 0 aliphatic heterocycles. The summed E-state index contributed by atoms with van der Waals surface area (Å²) < 4.78 is 4.77. The topological polar surface area (TPSA) is 81.4 Å². The third kappa shape index (κ3) is 4.28. The number of methoxy groups -OCH3 is 1. The molecule has 0 bridgehead atoms. The molecule has 19 heavy (non-hydrogen) atoms. The zero-order chi connectivity index (χ0) is 14.4. The van der Waals surface area contributed by atoms with Crippen molar-refractivity contribution in [3.63, 3.8) is 0 Å². The van der Waals surface area contributed by atoms with Crippen LogP contribution in [0, 0.1) is 5.92 Å². The summed E-state index contributed by atoms with van der Waals surface area (Å²) in [5.41, 5.74) is 6.21. The van der Waals surface area contributed by atoms with E-state index in [2.05, 4.69) is 5.32 Å². The van der Waals surface area contributed by atoms with Gasteiger partial charge in [0.25, 0.3) is 5.91 Å². The molecule has 5 nitrogen and oxygen atoms in total. The molecule has 3 N–H and O–H groups in total. The van der Waals surface area contributed by atoms with Crippen LogP contribution in [0.4, 0.5) is 5.69 Å². The maximum atomic E-state index is 11.7. The van der Waals surface area contributed by atoms with Crippen LogP contribution in [-0.4, -0.2) is 25.0 Å². The minimum Gasteiger partial charge on any atom is -0.467 e. The van der Waals surface area contributed by atoms with Crippen LogP contribution in [0.3, 0.4) is 0 Å². The first-order chi connectivity index (χ1) is 8.95. The molecule has 0 saturated carbocycles. The van der Waals surface area contributed by atoms with Crippen LogP contribution in [0.15, 0.2) is 24.3 Å². The Morgan fingerprint density at radius 2 is 1.95 bits per heavy atom. The van der Waals surface area contributed by atoms with E-state index >= 15 is 0 Å². The van der Waals surface area contributed by atoms with Gasteiger partial charge in [0, 0.05) is 5.69 Å². The zero-order valence-corrected chi connectivity index (χ0v) is 11.5. The molecule has 1 atom stereocenters. The Labute approximate surface area is 113 Å². The van der Waals surface area contributed by atoms with Crippen molar-refractivity contribution in [2.45, 2.75) is 26.3 Å². The van der Waals surface area contributed by atoms with Gasteiger partial charge < -0.3 is 15.8 Å². The number of carbonyl (C=O) groups is 2. The molecule has 1 rings (SSSR count). The average Bonchev–Trinajstić information content (AvgIpc) is 2.36. The Morgan fingerprint density at radius 3 is 2.47 bits per heavy atom. The van der Waals surface area contributed by atoms with Gasteiger partial charge in [0.1, 0.15) is 6.04 Å². The number of esters is 1. The van der Waals surface area contributed by atoms with Gasteiger partial charge in [-0.2, -0.15) is 0 Å². The van der Waals surface area contributed by atoms with E-state index in [0.29, 0.717) is 23.6 Å². The lowest BCUT2D eigenvalue weighted by Crippen LogP contribution is -2.33. The summed E-state index contributed by atoms with van der Waals surface area (Å²) >= 11 is 0. The van der Waals surface area contributed by atoms with E-state index < -0.39 is 11.9 Å². The number of hydrogen-bond donors (Lipinski definition) is 2. The second kappa shape index (κ2) is 6.78. The number of amides is 1. The lowest BCUT2D eigenvalue weighted by Gasteiger charge is -2.20. The fraction of sp³-hybridized carbons (Fsp3) is 0.429. The van der Waals surface area contributed by atoms with Gasteiger partial charge in [-0.25, -0.2) is 4.79 Å². The Hall–Kier alpha value is -2.04. The number of benzene rings is 1. The molecule has 0 heterocycles. The highest BCUT2D eigenvalue weighted by Gasteiger charge is 2.21. The Balaban J connectivity index is 2.96. The van der Waals surface area contributed by atoms with Gasteiger partial charge in [-0.05, 0) is 24.5 Å². The highest BCUT2D eigenvalue weighted by atomic mass is 16.5. The minimum absolute atomic E-state index is 0.317. The highest BCUT2D eigenvalue weighted by molar-refractivity contribution is 5.99. The number of hydrogen-bond acceptors (Lipinski definition) is 4. The standard InChI is InChI=1S/C14H20N2O3/c1-9(2)8-12(14(18)19-3)16-11-7-5-4-6-10(11)13(15)17/h4-7,9,12,16H,8H2,1-3H3,(H2,15,17). The Morgan fingerprint density at radius 1 is 1.32 bits per heavy atom. The molecule has 0 radical (unpaired) electrons. The van der Waals surface area contributed by atoms with E-state index in [-0.39, 0.29) is 5.97 Å². The molecule has 104 valence electrons. The van der Waals surface area contributed by atoms with Gasteiger partial charge in [-0.1, -0.05) is 26.0 Å². The molecule has 0 aliphatic rings. The number of rotatable bonds is 6. The number of ether oxygens (including phenoxy) is 1. The maximum Gasteiger partial charge on any atom is 0.328 e. The van der Waals surface area contributed by atoms with Gasteiger partial charge >= 0.3 is 5.97 Å². The number of carbonyl (C=O) groups excluding carboxylic acids is 2. The molecular weight excluding hydrogens is 244 g/mol. The fourth-order valence-corrected chi connectivity index (χ4v) is 1.84. The van der Waals surface area contributed by atoms with Gasteiger partial charge in [0.05, 0.1) is 12.7 Å². The predicted molar refractivity (Wildman–Crippen MR) is 73.8 cm³/mol. The number of nitrogens with one attached hydrogen (secondary N) is 1. The number of para-hydroxylation sites is 1. The SMILES string of the molecule is COC(=O)C(CC(C)C)Nc1ccccc1C(N)=O. The van der Waals surface area contributed by atoms with Crippen molar-refractivity contribution < 1.29 is 14.3 Å². The van der Waals surface area contributed by atoms with Crippen LogP contribution in [-0.2, 0) is 9.53 Å². The summed E-state index contributed by atoms with van der Waals surface area (Å²) in [5, 5.41) is 3.04. The van der Waals surface area contributed by atoms with E-state index in [1.807, 2.05) is 13.8 Å². The maximum absolute atomic E-state index is 11.7. The van der Waals surface area contributed by atoms with Crippen LogP contribution in [0.1, 0.15) is 30.6 Å². The molecule has 5 heteroatoms. The monoisotopic (exact) mass is 264 g/mol. The van der Waals surface area contributed by atoms with E-state index in [1.54, 1.807) is 24.3 Å². The minimum atomic E-state index is -0.531. The molecule has 0 aromatic heterocycles. The Kier molecular flexibility index (Phi) is 5.36. The summed E-state index contributed by atoms with van der Waals surface area (Å²) in [6.07, 6.45) is 0.611. The van der Waals surface area contributed by atoms with Crippen molar-refractivity contribution in [3.05, 3.63) is 29.8 Å². The van der Waals surface area contributed by atoms with Crippen molar-refractivity contribution in [3.8, 4) is 0 Å². The smallest absolute Gasteiger partial charge is 0.328 e. The fourth-order valence-electron chi connectivity index (χ4n) is 1.84. The molecule has 0 saturated heterocycles. The predicted octanol–water partition coefficient (Wildman–Crippen LogP) is 1.79. The van der Waals surface area contributed by atoms with Crippen molar-refractivity contribution >= 4 is 17.6 Å². The quantitative estimate of drug-likeness (QED) is 0.767. The van der Waals surface area contributed by atoms with Gasteiger partial charge in [-0.3, -0.25) is 4.79 Å². The zero-order valence-electron chi connectivity index (χ0n) is 11.5. The van der Waals surface area contributed by atoms with Gasteiger partial charge in [0.2, 0.25) is 0 Å². The molecule has 0 spiro atoms. The first-order valence-corrected chi connectivity index (χ1v) is 6.19. The average molecular weight is 264 g/mol. The molecular formula is C14H20N2O3. The van der Waals surface area contributed by atoms with E-state index in [0.717, 1.165) is 0 Å². The summed E-state index contributed by atoms with van der Waals surface area (Å²) in [4.78, 5) is 23.1. The lowest BCUT2D eigenvalue weighted by molar-refractivity contribution is -0.141. The first kappa shape index (κ1) is 15.0. The summed E-state index contributed by atoms with van der Waals surface area (Å²) in [6, 6.07) is 6.34. The summed E-state index contributed by atoms with van der Waals surface area (Å²) in [5.74, 6) is -0.568. The number of primary amides is 1. The molecule has 0 fully saturated rings. The van der Waals surface area contributed by atoms with Crippen molar-refractivity contribution in [2.24, 2.45) is 11.7 Å². The molecule has 1 unspecified atom stereocenters.